The third-order valence-corrected chi connectivity index (χ3v) is 4.94. The van der Waals surface area contributed by atoms with Crippen molar-refractivity contribution in [3.8, 4) is 5.75 Å². The summed E-state index contributed by atoms with van der Waals surface area (Å²) < 4.78 is 45.0. The molecule has 1 aliphatic heterocycles. The normalized spacial score (nSPS) is 15.6. The molecule has 0 fully saturated rings. The lowest BCUT2D eigenvalue weighted by Crippen LogP contribution is -2.50. The Morgan fingerprint density at radius 2 is 1.78 bits per heavy atom. The van der Waals surface area contributed by atoms with E-state index in [2.05, 4.69) is 5.32 Å². The van der Waals surface area contributed by atoms with Gasteiger partial charge in [-0.2, -0.15) is 13.2 Å². The van der Waals surface area contributed by atoms with Gasteiger partial charge in [0.1, 0.15) is 12.3 Å². The summed E-state index contributed by atoms with van der Waals surface area (Å²) in [6, 6.07) is 11.4. The quantitative estimate of drug-likeness (QED) is 0.734. The second kappa shape index (κ2) is 9.29. The molecule has 0 aliphatic carbocycles. The molecule has 32 heavy (non-hydrogen) atoms. The summed E-state index contributed by atoms with van der Waals surface area (Å²) in [5.41, 5.74) is -0.935. The molecule has 2 aromatic carbocycles. The van der Waals surface area contributed by atoms with E-state index in [0.717, 1.165) is 12.1 Å². The molecular weight excluding hydrogens is 427 g/mol. The maximum atomic E-state index is 13.1. The number of amides is 3. The number of ether oxygens (including phenoxy) is 1. The molecule has 10 heteroatoms. The molecule has 0 aromatic heterocycles. The Labute approximate surface area is 182 Å². The van der Waals surface area contributed by atoms with E-state index in [9.17, 15) is 27.6 Å². The number of nitrogens with zero attached hydrogens (tertiary/aromatic N) is 2. The number of hydrogen-bond acceptors (Lipinski definition) is 4. The standard InChI is InChI=1S/C22H22F3N3O4/c1-3-27(12-19(29)26-16-9-5-4-8-15(16)22(23,24)25)20(30)13-28-17-10-6-7-11-18(17)32-14(2)21(28)31/h4-11,14H,3,12-13H2,1-2H3,(H,26,29)/t14-/m0/s1. The Morgan fingerprint density at radius 3 is 2.47 bits per heavy atom. The zero-order chi connectivity index (χ0) is 23.5. The molecule has 0 saturated carbocycles. The van der Waals surface area contributed by atoms with Crippen LogP contribution in [0.25, 0.3) is 0 Å². The van der Waals surface area contributed by atoms with Crippen molar-refractivity contribution in [3.05, 3.63) is 54.1 Å². The molecule has 0 bridgehead atoms. The fraction of sp³-hybridized carbons (Fsp3) is 0.318. The van der Waals surface area contributed by atoms with Crippen LogP contribution in [0.1, 0.15) is 19.4 Å². The van der Waals surface area contributed by atoms with Crippen molar-refractivity contribution in [2.45, 2.75) is 26.1 Å². The lowest BCUT2D eigenvalue weighted by atomic mass is 10.1. The molecular formula is C22H22F3N3O4. The van der Waals surface area contributed by atoms with E-state index in [1.807, 2.05) is 0 Å². The molecule has 1 aliphatic rings. The summed E-state index contributed by atoms with van der Waals surface area (Å²) >= 11 is 0. The lowest BCUT2D eigenvalue weighted by Gasteiger charge is -2.33. The number of anilines is 2. The Hall–Kier alpha value is -3.56. The molecule has 0 radical (unpaired) electrons. The van der Waals surface area contributed by atoms with E-state index in [4.69, 9.17) is 4.74 Å². The summed E-state index contributed by atoms with van der Waals surface area (Å²) in [6.45, 7) is 2.54. The third-order valence-electron chi connectivity index (χ3n) is 4.94. The topological polar surface area (TPSA) is 79.0 Å². The first-order valence-corrected chi connectivity index (χ1v) is 9.92. The summed E-state index contributed by atoms with van der Waals surface area (Å²) in [7, 11) is 0. The van der Waals surface area contributed by atoms with Crippen molar-refractivity contribution < 1.29 is 32.3 Å². The fourth-order valence-electron chi connectivity index (χ4n) is 3.34. The van der Waals surface area contributed by atoms with Gasteiger partial charge in [-0.05, 0) is 38.1 Å². The van der Waals surface area contributed by atoms with Crippen LogP contribution in [-0.2, 0) is 20.6 Å². The first-order chi connectivity index (χ1) is 15.1. The average molecular weight is 449 g/mol. The Balaban J connectivity index is 1.71. The van der Waals surface area contributed by atoms with Gasteiger partial charge >= 0.3 is 6.18 Å². The van der Waals surface area contributed by atoms with Gasteiger partial charge in [-0.15, -0.1) is 0 Å². The number of carbonyl (C=O) groups is 3. The second-order valence-corrected chi connectivity index (χ2v) is 7.15. The van der Waals surface area contributed by atoms with Gasteiger partial charge in [0.2, 0.25) is 11.8 Å². The molecule has 1 atom stereocenters. The lowest BCUT2D eigenvalue weighted by molar-refractivity contribution is -0.137. The van der Waals surface area contributed by atoms with Gasteiger partial charge in [0, 0.05) is 6.54 Å². The number of likely N-dealkylation sites (N-methyl/N-ethyl adjacent to an activating group) is 1. The van der Waals surface area contributed by atoms with Crippen molar-refractivity contribution in [1.29, 1.82) is 0 Å². The van der Waals surface area contributed by atoms with Crippen molar-refractivity contribution in [2.24, 2.45) is 0 Å². The first kappa shape index (κ1) is 23.1. The number of para-hydroxylation sites is 3. The highest BCUT2D eigenvalue weighted by molar-refractivity contribution is 6.04. The van der Waals surface area contributed by atoms with Gasteiger partial charge in [-0.3, -0.25) is 19.3 Å². The number of alkyl halides is 3. The first-order valence-electron chi connectivity index (χ1n) is 9.92. The van der Waals surface area contributed by atoms with Gasteiger partial charge in [-0.25, -0.2) is 0 Å². The van der Waals surface area contributed by atoms with Gasteiger partial charge in [0.25, 0.3) is 5.91 Å². The highest BCUT2D eigenvalue weighted by Gasteiger charge is 2.35. The van der Waals surface area contributed by atoms with Crippen LogP contribution in [0.3, 0.4) is 0 Å². The number of benzene rings is 2. The van der Waals surface area contributed by atoms with Crippen LogP contribution in [0.4, 0.5) is 24.5 Å². The minimum atomic E-state index is -4.63. The zero-order valence-electron chi connectivity index (χ0n) is 17.5. The van der Waals surface area contributed by atoms with Gasteiger partial charge in [-0.1, -0.05) is 24.3 Å². The van der Waals surface area contributed by atoms with Gasteiger partial charge in [0.05, 0.1) is 23.5 Å². The Bertz CT molecular complexity index is 1030. The maximum Gasteiger partial charge on any atom is 0.418 e. The van der Waals surface area contributed by atoms with Gasteiger partial charge < -0.3 is 15.0 Å². The minimum Gasteiger partial charge on any atom is -0.479 e. The maximum absolute atomic E-state index is 13.1. The molecule has 170 valence electrons. The fourth-order valence-corrected chi connectivity index (χ4v) is 3.34. The van der Waals surface area contributed by atoms with E-state index in [0.29, 0.717) is 11.4 Å². The molecule has 3 rings (SSSR count). The summed E-state index contributed by atoms with van der Waals surface area (Å²) in [6.07, 6.45) is -5.42. The van der Waals surface area contributed by atoms with Crippen molar-refractivity contribution in [1.82, 2.24) is 4.90 Å². The second-order valence-electron chi connectivity index (χ2n) is 7.15. The summed E-state index contributed by atoms with van der Waals surface area (Å²) in [5.74, 6) is -1.25. The minimum absolute atomic E-state index is 0.128. The number of halogens is 3. The highest BCUT2D eigenvalue weighted by atomic mass is 19.4. The van der Waals surface area contributed by atoms with Crippen LogP contribution >= 0.6 is 0 Å². The Kier molecular flexibility index (Phi) is 6.71. The average Bonchev–Trinajstić information content (AvgIpc) is 2.74. The van der Waals surface area contributed by atoms with Crippen LogP contribution in [0.5, 0.6) is 5.75 Å². The SMILES string of the molecule is CCN(CC(=O)Nc1ccccc1C(F)(F)F)C(=O)CN1C(=O)[C@H](C)Oc2ccccc21. The van der Waals surface area contributed by atoms with Crippen LogP contribution in [0, 0.1) is 0 Å². The number of rotatable bonds is 6. The van der Waals surface area contributed by atoms with E-state index in [1.54, 1.807) is 38.1 Å². The molecule has 0 unspecified atom stereocenters. The van der Waals surface area contributed by atoms with Crippen LogP contribution in [0.15, 0.2) is 48.5 Å². The van der Waals surface area contributed by atoms with Crippen molar-refractivity contribution in [2.75, 3.05) is 29.9 Å². The van der Waals surface area contributed by atoms with E-state index < -0.39 is 42.1 Å². The van der Waals surface area contributed by atoms with Crippen molar-refractivity contribution in [3.63, 3.8) is 0 Å². The molecule has 1 N–H and O–H groups in total. The van der Waals surface area contributed by atoms with E-state index >= 15 is 0 Å². The van der Waals surface area contributed by atoms with Gasteiger partial charge in [0.15, 0.2) is 6.10 Å². The van der Waals surface area contributed by atoms with Crippen LogP contribution in [0.2, 0.25) is 0 Å². The van der Waals surface area contributed by atoms with Crippen molar-refractivity contribution >= 4 is 29.1 Å². The van der Waals surface area contributed by atoms with E-state index in [-0.39, 0.29) is 18.8 Å². The predicted molar refractivity (Wildman–Crippen MR) is 111 cm³/mol. The Morgan fingerprint density at radius 1 is 1.12 bits per heavy atom. The monoisotopic (exact) mass is 449 g/mol. The smallest absolute Gasteiger partial charge is 0.418 e. The summed E-state index contributed by atoms with van der Waals surface area (Å²) in [4.78, 5) is 40.3. The van der Waals surface area contributed by atoms with Crippen LogP contribution < -0.4 is 15.0 Å². The number of hydrogen-bond donors (Lipinski definition) is 1. The predicted octanol–water partition coefficient (Wildman–Crippen LogP) is 3.31. The third kappa shape index (κ3) is 5.01. The zero-order valence-corrected chi connectivity index (χ0v) is 17.5. The molecule has 1 heterocycles. The summed E-state index contributed by atoms with van der Waals surface area (Å²) in [5, 5.41) is 2.22. The number of carbonyl (C=O) groups excluding carboxylic acids is 3. The largest absolute Gasteiger partial charge is 0.479 e. The molecule has 3 amide bonds. The molecule has 2 aromatic rings. The number of fused-ring (bicyclic) bond motifs is 1. The number of nitrogens with one attached hydrogen (secondary N) is 1. The van der Waals surface area contributed by atoms with Crippen LogP contribution in [-0.4, -0.2) is 48.4 Å². The van der Waals surface area contributed by atoms with E-state index in [1.165, 1.54) is 21.9 Å². The molecule has 0 saturated heterocycles. The molecule has 0 spiro atoms. The molecule has 7 nitrogen and oxygen atoms in total. The highest BCUT2D eigenvalue weighted by Crippen LogP contribution is 2.35.